The predicted octanol–water partition coefficient (Wildman–Crippen LogP) is 3.25. The highest BCUT2D eigenvalue weighted by atomic mass is 16.5. The van der Waals surface area contributed by atoms with Crippen LogP contribution < -0.4 is 5.32 Å². The van der Waals surface area contributed by atoms with Gasteiger partial charge in [0.15, 0.2) is 0 Å². The largest absolute Gasteiger partial charge is 0.381 e. The summed E-state index contributed by atoms with van der Waals surface area (Å²) in [5, 5.41) is 3.05. The Hall–Kier alpha value is -2.14. The van der Waals surface area contributed by atoms with Crippen LogP contribution in [-0.4, -0.2) is 28.7 Å². The average molecular weight is 325 g/mol. The quantitative estimate of drug-likeness (QED) is 0.942. The van der Waals surface area contributed by atoms with Crippen LogP contribution in [-0.2, 0) is 22.5 Å². The predicted molar refractivity (Wildman–Crippen MR) is 92.8 cm³/mol. The number of hydrogen-bond donors (Lipinski definition) is 1. The number of nitrogens with zero attached hydrogens (tertiary/aromatic N) is 2. The van der Waals surface area contributed by atoms with Crippen molar-refractivity contribution in [3.8, 4) is 11.3 Å². The summed E-state index contributed by atoms with van der Waals surface area (Å²) in [5.74, 6) is 1.33. The number of carbonyl (C=O) groups is 1. The minimum atomic E-state index is 0.0577. The molecule has 2 aromatic rings. The number of aromatic nitrogens is 2. The number of imidazole rings is 1. The molecule has 2 aliphatic heterocycles. The van der Waals surface area contributed by atoms with Crippen molar-refractivity contribution >= 4 is 11.6 Å². The van der Waals surface area contributed by atoms with Gasteiger partial charge < -0.3 is 14.6 Å². The smallest absolute Gasteiger partial charge is 0.227 e. The van der Waals surface area contributed by atoms with Gasteiger partial charge in [0.05, 0.1) is 5.69 Å². The monoisotopic (exact) mass is 325 g/mol. The van der Waals surface area contributed by atoms with Crippen molar-refractivity contribution in [3.05, 3.63) is 36.3 Å². The van der Waals surface area contributed by atoms with E-state index in [0.29, 0.717) is 13.2 Å². The molecule has 4 rings (SSSR count). The minimum Gasteiger partial charge on any atom is -0.381 e. The number of fused-ring (bicyclic) bond motifs is 1. The number of rotatable bonds is 3. The molecule has 1 aromatic carbocycles. The van der Waals surface area contributed by atoms with Crippen LogP contribution in [0.2, 0.25) is 0 Å². The number of aryl methyl sites for hydroxylation is 2. The van der Waals surface area contributed by atoms with Crippen LogP contribution in [0.5, 0.6) is 0 Å². The zero-order valence-corrected chi connectivity index (χ0v) is 13.8. The van der Waals surface area contributed by atoms with E-state index in [-0.39, 0.29) is 11.8 Å². The molecule has 1 saturated heterocycles. The van der Waals surface area contributed by atoms with E-state index in [2.05, 4.69) is 22.1 Å². The third-order valence-corrected chi connectivity index (χ3v) is 4.93. The van der Waals surface area contributed by atoms with Crippen molar-refractivity contribution in [1.29, 1.82) is 0 Å². The molecule has 1 aromatic heterocycles. The zero-order chi connectivity index (χ0) is 16.4. The van der Waals surface area contributed by atoms with Crippen molar-refractivity contribution in [2.24, 2.45) is 5.92 Å². The number of anilines is 1. The molecule has 1 N–H and O–H groups in total. The first kappa shape index (κ1) is 15.4. The molecule has 1 fully saturated rings. The van der Waals surface area contributed by atoms with Gasteiger partial charge in [0.1, 0.15) is 5.82 Å². The van der Waals surface area contributed by atoms with E-state index in [1.54, 1.807) is 0 Å². The van der Waals surface area contributed by atoms with Gasteiger partial charge in [0.25, 0.3) is 0 Å². The Kier molecular flexibility index (Phi) is 4.34. The van der Waals surface area contributed by atoms with Gasteiger partial charge in [-0.3, -0.25) is 4.79 Å². The van der Waals surface area contributed by atoms with E-state index in [4.69, 9.17) is 9.72 Å². The van der Waals surface area contributed by atoms with Crippen LogP contribution in [0.4, 0.5) is 5.69 Å². The summed E-state index contributed by atoms with van der Waals surface area (Å²) < 4.78 is 7.58. The Bertz CT molecular complexity index is 708. The highest BCUT2D eigenvalue weighted by Crippen LogP contribution is 2.25. The molecule has 24 heavy (non-hydrogen) atoms. The van der Waals surface area contributed by atoms with Gasteiger partial charge in [-0.05, 0) is 37.8 Å². The van der Waals surface area contributed by atoms with Gasteiger partial charge in [0.2, 0.25) is 5.91 Å². The summed E-state index contributed by atoms with van der Waals surface area (Å²) >= 11 is 0. The van der Waals surface area contributed by atoms with Crippen molar-refractivity contribution in [2.75, 3.05) is 18.5 Å². The van der Waals surface area contributed by atoms with Gasteiger partial charge >= 0.3 is 0 Å². The average Bonchev–Trinajstić information content (AvgIpc) is 3.07. The van der Waals surface area contributed by atoms with Gasteiger partial charge in [-0.2, -0.15) is 0 Å². The molecule has 0 atom stereocenters. The third kappa shape index (κ3) is 3.22. The summed E-state index contributed by atoms with van der Waals surface area (Å²) in [7, 11) is 0. The number of benzene rings is 1. The molecule has 3 heterocycles. The Labute approximate surface area is 142 Å². The Morgan fingerprint density at radius 3 is 2.96 bits per heavy atom. The summed E-state index contributed by atoms with van der Waals surface area (Å²) in [6.45, 7) is 2.42. The maximum Gasteiger partial charge on any atom is 0.227 e. The first-order valence-corrected chi connectivity index (χ1v) is 8.85. The fourth-order valence-electron chi connectivity index (χ4n) is 3.51. The normalized spacial score (nSPS) is 18.2. The second kappa shape index (κ2) is 6.77. The van der Waals surface area contributed by atoms with Crippen LogP contribution >= 0.6 is 0 Å². The van der Waals surface area contributed by atoms with Gasteiger partial charge in [0, 0.05) is 49.5 Å². The van der Waals surface area contributed by atoms with Crippen LogP contribution in [0.25, 0.3) is 11.3 Å². The highest BCUT2D eigenvalue weighted by molar-refractivity contribution is 5.93. The van der Waals surface area contributed by atoms with E-state index < -0.39 is 0 Å². The number of amides is 1. The molecular weight excluding hydrogens is 302 g/mol. The van der Waals surface area contributed by atoms with E-state index >= 15 is 0 Å². The highest BCUT2D eigenvalue weighted by Gasteiger charge is 2.21. The van der Waals surface area contributed by atoms with Crippen LogP contribution in [0, 0.1) is 5.92 Å². The number of carbonyl (C=O) groups excluding carboxylic acids is 1. The van der Waals surface area contributed by atoms with Crippen LogP contribution in [0.3, 0.4) is 0 Å². The fourth-order valence-corrected chi connectivity index (χ4v) is 3.51. The lowest BCUT2D eigenvalue weighted by Crippen LogP contribution is -2.28. The topological polar surface area (TPSA) is 56.2 Å². The third-order valence-electron chi connectivity index (χ3n) is 4.93. The summed E-state index contributed by atoms with van der Waals surface area (Å²) in [4.78, 5) is 17.2. The molecule has 0 radical (unpaired) electrons. The molecule has 5 heteroatoms. The van der Waals surface area contributed by atoms with E-state index in [1.165, 1.54) is 18.7 Å². The second-order valence-corrected chi connectivity index (χ2v) is 6.65. The maximum atomic E-state index is 12.4. The number of nitrogens with one attached hydrogen (secondary N) is 1. The molecule has 126 valence electrons. The molecule has 0 aliphatic carbocycles. The Balaban J connectivity index is 1.51. The lowest BCUT2D eigenvalue weighted by atomic mass is 9.99. The van der Waals surface area contributed by atoms with Gasteiger partial charge in [-0.1, -0.05) is 12.1 Å². The molecule has 0 spiro atoms. The van der Waals surface area contributed by atoms with Gasteiger partial charge in [-0.25, -0.2) is 4.98 Å². The number of ether oxygens (including phenoxy) is 1. The summed E-state index contributed by atoms with van der Waals surface area (Å²) in [5.41, 5.74) is 2.89. The lowest BCUT2D eigenvalue weighted by Gasteiger charge is -2.21. The van der Waals surface area contributed by atoms with E-state index in [0.717, 1.165) is 42.8 Å². The first-order chi connectivity index (χ1) is 11.8. The molecule has 2 aliphatic rings. The van der Waals surface area contributed by atoms with Crippen molar-refractivity contribution < 1.29 is 9.53 Å². The van der Waals surface area contributed by atoms with Crippen molar-refractivity contribution in [3.63, 3.8) is 0 Å². The Morgan fingerprint density at radius 1 is 1.25 bits per heavy atom. The molecule has 0 bridgehead atoms. The van der Waals surface area contributed by atoms with Crippen molar-refractivity contribution in [1.82, 2.24) is 9.55 Å². The minimum absolute atomic E-state index is 0.0577. The van der Waals surface area contributed by atoms with Gasteiger partial charge in [-0.15, -0.1) is 0 Å². The standard InChI is InChI=1S/C19H23N3O2/c23-19(14-7-10-24-11-8-14)20-16-5-3-4-15(12-16)17-13-22-9-2-1-6-18(22)21-17/h3-5,12-14H,1-2,6-11H2,(H,20,23). The lowest BCUT2D eigenvalue weighted by molar-refractivity contribution is -0.122. The molecular formula is C19H23N3O2. The van der Waals surface area contributed by atoms with Crippen molar-refractivity contribution in [2.45, 2.75) is 38.6 Å². The molecule has 1 amide bonds. The first-order valence-electron chi connectivity index (χ1n) is 8.85. The molecule has 0 saturated carbocycles. The maximum absolute atomic E-state index is 12.4. The second-order valence-electron chi connectivity index (χ2n) is 6.65. The molecule has 5 nitrogen and oxygen atoms in total. The zero-order valence-electron chi connectivity index (χ0n) is 13.8. The fraction of sp³-hybridized carbons (Fsp3) is 0.474. The van der Waals surface area contributed by atoms with E-state index in [9.17, 15) is 4.79 Å². The van der Waals surface area contributed by atoms with Crippen LogP contribution in [0.15, 0.2) is 30.5 Å². The SMILES string of the molecule is O=C(Nc1cccc(-c2cn3c(n2)CCCC3)c1)C1CCOCC1. The van der Waals surface area contributed by atoms with E-state index in [1.807, 2.05) is 18.2 Å². The summed E-state index contributed by atoms with van der Waals surface area (Å²) in [6.07, 6.45) is 7.24. The number of hydrogen-bond acceptors (Lipinski definition) is 3. The summed E-state index contributed by atoms with van der Waals surface area (Å²) in [6, 6.07) is 7.99. The molecule has 0 unspecified atom stereocenters. The Morgan fingerprint density at radius 2 is 2.12 bits per heavy atom. The van der Waals surface area contributed by atoms with Crippen LogP contribution in [0.1, 0.15) is 31.5 Å².